The summed E-state index contributed by atoms with van der Waals surface area (Å²) >= 11 is 0. The highest BCUT2D eigenvalue weighted by Gasteiger charge is 2.18. The number of methoxy groups -OCH3 is 1. The molecule has 2 rings (SSSR count). The van der Waals surface area contributed by atoms with Crippen LogP contribution in [0.15, 0.2) is 0 Å². The van der Waals surface area contributed by atoms with Crippen molar-refractivity contribution < 1.29 is 29.0 Å². The summed E-state index contributed by atoms with van der Waals surface area (Å²) in [7, 11) is 1.30. The molecule has 0 spiro atoms. The number of esters is 1. The number of hydrogen-bond donors (Lipinski definition) is 9. The average Bonchev–Trinajstić information content (AvgIpc) is 3.29. The number of amides is 2. The second kappa shape index (κ2) is 18.4. The second-order valence-corrected chi connectivity index (χ2v) is 6.60. The smallest absolute Gasteiger partial charge is 0.322 e. The van der Waals surface area contributed by atoms with Crippen LogP contribution >= 0.6 is 0 Å². The molecular weight excluding hydrogens is 412 g/mol. The van der Waals surface area contributed by atoms with Gasteiger partial charge in [-0.2, -0.15) is 0 Å². The van der Waals surface area contributed by atoms with Gasteiger partial charge in [0.15, 0.2) is 0 Å². The standard InChI is InChI=1S/C5H12N2O2.C4H10N2O2.2C4H8N2O/c1-9-5(8)4(7)2-3-6;5-2-1-3(6)4(7)8;2*5-3-1-2-6-4(3)7/h4H,2-3,6-7H2,1H3;3H,1-2,5-6H2,(H,7,8);2*3H,1-2,5H2,(H,6,7)/t4-;3*3-/m0000/s1. The summed E-state index contributed by atoms with van der Waals surface area (Å²) in [6.07, 6.45) is 2.40. The normalized spacial score (nSPS) is 20.9. The summed E-state index contributed by atoms with van der Waals surface area (Å²) in [5.74, 6) is -1.42. The number of carboxylic acids is 1. The number of carbonyl (C=O) groups excluding carboxylic acids is 3. The van der Waals surface area contributed by atoms with Gasteiger partial charge in [0, 0.05) is 13.1 Å². The average molecular weight is 451 g/mol. The lowest BCUT2D eigenvalue weighted by Gasteiger charge is -2.05. The first-order valence-corrected chi connectivity index (χ1v) is 9.80. The first-order chi connectivity index (χ1) is 14.5. The van der Waals surface area contributed by atoms with Gasteiger partial charge in [0.25, 0.3) is 0 Å². The first-order valence-electron chi connectivity index (χ1n) is 9.80. The van der Waals surface area contributed by atoms with Crippen LogP contribution in [0.3, 0.4) is 0 Å². The molecule has 14 heteroatoms. The molecule has 0 aromatic rings. The van der Waals surface area contributed by atoms with E-state index in [9.17, 15) is 19.2 Å². The monoisotopic (exact) mass is 450 g/mol. The highest BCUT2D eigenvalue weighted by molar-refractivity contribution is 5.83. The number of aliphatic carboxylic acids is 1. The Bertz CT molecular complexity index is 527. The van der Waals surface area contributed by atoms with Gasteiger partial charge in [-0.05, 0) is 38.8 Å². The summed E-state index contributed by atoms with van der Waals surface area (Å²) in [6, 6.07) is -1.82. The van der Waals surface area contributed by atoms with Crippen LogP contribution < -0.4 is 45.0 Å². The van der Waals surface area contributed by atoms with Gasteiger partial charge in [-0.1, -0.05) is 0 Å². The Labute approximate surface area is 181 Å². The second-order valence-electron chi connectivity index (χ2n) is 6.60. The Balaban J connectivity index is 0. The molecule has 0 saturated carbocycles. The number of hydrogen-bond acceptors (Lipinski definition) is 11. The van der Waals surface area contributed by atoms with Gasteiger partial charge in [0.1, 0.15) is 12.1 Å². The number of nitrogens with one attached hydrogen (secondary N) is 2. The lowest BCUT2D eigenvalue weighted by atomic mass is 10.2. The van der Waals surface area contributed by atoms with E-state index < -0.39 is 24.0 Å². The van der Waals surface area contributed by atoms with Crippen molar-refractivity contribution in [2.24, 2.45) is 34.4 Å². The van der Waals surface area contributed by atoms with E-state index in [1.54, 1.807) is 0 Å². The van der Waals surface area contributed by atoms with Crippen LogP contribution in [0.4, 0.5) is 0 Å². The van der Waals surface area contributed by atoms with E-state index in [0.29, 0.717) is 25.9 Å². The minimum Gasteiger partial charge on any atom is -0.480 e. The van der Waals surface area contributed by atoms with Crippen LogP contribution in [-0.2, 0) is 23.9 Å². The highest BCUT2D eigenvalue weighted by Crippen LogP contribution is 1.93. The van der Waals surface area contributed by atoms with E-state index in [-0.39, 0.29) is 23.9 Å². The predicted molar refractivity (Wildman–Crippen MR) is 114 cm³/mol. The molecule has 182 valence electrons. The van der Waals surface area contributed by atoms with Gasteiger partial charge in [0.2, 0.25) is 11.8 Å². The van der Waals surface area contributed by atoms with Crippen molar-refractivity contribution in [2.45, 2.75) is 49.9 Å². The summed E-state index contributed by atoms with van der Waals surface area (Å²) in [6.45, 7) is 2.24. The molecule has 2 aliphatic rings. The summed E-state index contributed by atoms with van der Waals surface area (Å²) in [5, 5.41) is 13.3. The van der Waals surface area contributed by atoms with Crippen molar-refractivity contribution in [3.05, 3.63) is 0 Å². The molecule has 0 aromatic carbocycles. The molecule has 0 bridgehead atoms. The SMILES string of the molecule is COC(=O)[C@@H](N)CCN.NCC[C@H](N)C(=O)O.N[C@H]1CCNC1=O.N[C@H]1CCNC1=O. The maximum atomic E-state index is 10.5. The van der Waals surface area contributed by atoms with E-state index in [1.165, 1.54) is 7.11 Å². The molecule has 2 amide bonds. The quantitative estimate of drug-likeness (QED) is 0.172. The zero-order chi connectivity index (χ0) is 24.4. The molecule has 31 heavy (non-hydrogen) atoms. The van der Waals surface area contributed by atoms with Crippen molar-refractivity contribution in [1.82, 2.24) is 10.6 Å². The van der Waals surface area contributed by atoms with E-state index >= 15 is 0 Å². The third-order valence-electron chi connectivity index (χ3n) is 3.96. The minimum atomic E-state index is -0.990. The maximum Gasteiger partial charge on any atom is 0.322 e. The molecule has 2 heterocycles. The zero-order valence-electron chi connectivity index (χ0n) is 17.9. The number of rotatable bonds is 6. The topological polar surface area (TPSA) is 278 Å². The molecule has 0 aliphatic carbocycles. The first kappa shape index (κ1) is 30.8. The Hall–Kier alpha value is -2.36. The van der Waals surface area contributed by atoms with E-state index in [1.807, 2.05) is 0 Å². The van der Waals surface area contributed by atoms with Gasteiger partial charge in [0.05, 0.1) is 19.2 Å². The van der Waals surface area contributed by atoms with Gasteiger partial charge in [-0.15, -0.1) is 0 Å². The molecule has 0 aromatic heterocycles. The Kier molecular flexibility index (Phi) is 18.3. The van der Waals surface area contributed by atoms with Crippen molar-refractivity contribution >= 4 is 23.8 Å². The third-order valence-corrected chi connectivity index (χ3v) is 3.96. The zero-order valence-corrected chi connectivity index (χ0v) is 17.9. The van der Waals surface area contributed by atoms with Gasteiger partial charge >= 0.3 is 11.9 Å². The number of carboxylic acid groups (broad SMARTS) is 1. The molecule has 2 aliphatic heterocycles. The summed E-state index contributed by atoms with van der Waals surface area (Å²) < 4.78 is 4.35. The molecular formula is C17H38N8O6. The van der Waals surface area contributed by atoms with Gasteiger partial charge < -0.3 is 54.9 Å². The Morgan fingerprint density at radius 1 is 0.968 bits per heavy atom. The van der Waals surface area contributed by atoms with Gasteiger partial charge in [-0.25, -0.2) is 0 Å². The Morgan fingerprint density at radius 2 is 1.35 bits per heavy atom. The molecule has 2 fully saturated rings. The van der Waals surface area contributed by atoms with Gasteiger partial charge in [-0.3, -0.25) is 19.2 Å². The van der Waals surface area contributed by atoms with Crippen molar-refractivity contribution in [3.8, 4) is 0 Å². The summed E-state index contributed by atoms with van der Waals surface area (Å²) in [4.78, 5) is 41.1. The number of ether oxygens (including phenoxy) is 1. The molecule has 14 nitrogen and oxygen atoms in total. The summed E-state index contributed by atoms with van der Waals surface area (Å²) in [5.41, 5.74) is 31.0. The van der Waals surface area contributed by atoms with E-state index in [0.717, 1.165) is 25.9 Å². The predicted octanol–water partition coefficient (Wildman–Crippen LogP) is -4.75. The number of nitrogens with two attached hydrogens (primary N) is 6. The molecule has 4 atom stereocenters. The molecule has 0 radical (unpaired) electrons. The number of carbonyl (C=O) groups is 4. The molecule has 15 N–H and O–H groups in total. The van der Waals surface area contributed by atoms with Crippen LogP contribution in [0.25, 0.3) is 0 Å². The van der Waals surface area contributed by atoms with E-state index in [4.69, 9.17) is 39.5 Å². The minimum absolute atomic E-state index is 0.0139. The van der Waals surface area contributed by atoms with Crippen LogP contribution in [0.1, 0.15) is 25.7 Å². The lowest BCUT2D eigenvalue weighted by molar-refractivity contribution is -0.142. The lowest BCUT2D eigenvalue weighted by Crippen LogP contribution is -2.33. The van der Waals surface area contributed by atoms with Crippen LogP contribution in [0.2, 0.25) is 0 Å². The Morgan fingerprint density at radius 3 is 1.52 bits per heavy atom. The van der Waals surface area contributed by atoms with Crippen molar-refractivity contribution in [2.75, 3.05) is 33.3 Å². The highest BCUT2D eigenvalue weighted by atomic mass is 16.5. The largest absolute Gasteiger partial charge is 0.480 e. The van der Waals surface area contributed by atoms with Crippen LogP contribution in [0.5, 0.6) is 0 Å². The maximum absolute atomic E-state index is 10.5. The van der Waals surface area contributed by atoms with Crippen molar-refractivity contribution in [1.29, 1.82) is 0 Å². The van der Waals surface area contributed by atoms with Crippen LogP contribution in [0, 0.1) is 0 Å². The molecule has 0 unspecified atom stereocenters. The fourth-order valence-corrected chi connectivity index (χ4v) is 1.98. The fraction of sp³-hybridized carbons (Fsp3) is 0.765. The van der Waals surface area contributed by atoms with Crippen molar-refractivity contribution in [3.63, 3.8) is 0 Å². The van der Waals surface area contributed by atoms with E-state index in [2.05, 4.69) is 15.4 Å². The third kappa shape index (κ3) is 16.1. The van der Waals surface area contributed by atoms with Crippen LogP contribution in [-0.4, -0.2) is 86.3 Å². The molecule has 2 saturated heterocycles. The fourth-order valence-electron chi connectivity index (χ4n) is 1.98.